The number of allylic oxidation sites excluding steroid dienone is 1. The largest absolute Gasteiger partial charge is 0.297 e. The fourth-order valence-electron chi connectivity index (χ4n) is 10.3. The van der Waals surface area contributed by atoms with Crippen LogP contribution in [0.5, 0.6) is 0 Å². The Balaban J connectivity index is 1.33. The predicted octanol–water partition coefficient (Wildman–Crippen LogP) is 5.86. The van der Waals surface area contributed by atoms with Gasteiger partial charge in [-0.15, -0.1) is 0 Å². The average Bonchev–Trinajstić information content (AvgIpc) is 3.15. The summed E-state index contributed by atoms with van der Waals surface area (Å²) in [5, 5.41) is 0. The van der Waals surface area contributed by atoms with Crippen LogP contribution < -0.4 is 0 Å². The van der Waals surface area contributed by atoms with Crippen LogP contribution in [0.3, 0.4) is 0 Å². The Morgan fingerprint density at radius 2 is 1.79 bits per heavy atom. The molecule has 2 saturated heterocycles. The highest BCUT2D eigenvalue weighted by Gasteiger charge is 2.66. The molecule has 6 rings (SSSR count). The Morgan fingerprint density at radius 3 is 2.62 bits per heavy atom. The number of nitrogens with zero attached hydrogens (tertiary/aromatic N) is 1. The van der Waals surface area contributed by atoms with Crippen molar-refractivity contribution in [3.05, 3.63) is 11.6 Å². The lowest BCUT2D eigenvalue weighted by atomic mass is 9.46. The number of fused-ring (bicyclic) bond motifs is 9. The molecule has 6 aliphatic rings. The molecule has 0 aromatic heterocycles. The van der Waals surface area contributed by atoms with Gasteiger partial charge in [0.1, 0.15) is 0 Å². The lowest BCUT2D eigenvalue weighted by Gasteiger charge is -2.58. The molecule has 160 valence electrons. The third kappa shape index (κ3) is 2.42. The fourth-order valence-corrected chi connectivity index (χ4v) is 10.3. The summed E-state index contributed by atoms with van der Waals surface area (Å²) < 4.78 is 0. The van der Waals surface area contributed by atoms with Crippen LogP contribution in [0, 0.1) is 46.3 Å². The summed E-state index contributed by atoms with van der Waals surface area (Å²) in [4.78, 5) is 15.1. The molecule has 0 radical (unpaired) electrons. The van der Waals surface area contributed by atoms with E-state index in [0.717, 1.165) is 60.4 Å². The number of ketones is 1. The summed E-state index contributed by atoms with van der Waals surface area (Å²) in [5.74, 6) is 5.77. The second-order valence-electron chi connectivity index (χ2n) is 12.6. The van der Waals surface area contributed by atoms with Crippen molar-refractivity contribution < 1.29 is 4.79 Å². The molecule has 0 aromatic carbocycles. The van der Waals surface area contributed by atoms with Crippen molar-refractivity contribution >= 4 is 5.78 Å². The van der Waals surface area contributed by atoms with Crippen LogP contribution in [0.25, 0.3) is 0 Å². The smallest absolute Gasteiger partial charge is 0.155 e. The highest BCUT2D eigenvalue weighted by molar-refractivity contribution is 5.91. The Hall–Kier alpha value is -0.630. The van der Waals surface area contributed by atoms with E-state index in [4.69, 9.17) is 0 Å². The van der Waals surface area contributed by atoms with Crippen molar-refractivity contribution in [2.45, 2.75) is 97.6 Å². The highest BCUT2D eigenvalue weighted by atomic mass is 16.1. The Kier molecular flexibility index (Phi) is 4.09. The molecule has 10 atom stereocenters. The number of rotatable bonds is 0. The summed E-state index contributed by atoms with van der Waals surface area (Å²) in [5.41, 5.74) is 2.41. The second-order valence-corrected chi connectivity index (χ2v) is 12.6. The molecule has 2 aliphatic heterocycles. The van der Waals surface area contributed by atoms with Crippen molar-refractivity contribution in [3.63, 3.8) is 0 Å². The Labute approximate surface area is 177 Å². The second kappa shape index (κ2) is 6.21. The summed E-state index contributed by atoms with van der Waals surface area (Å²) in [6.45, 7) is 11.7. The molecular formula is C27H41NO. The fraction of sp³-hybridized carbons (Fsp3) is 0.889. The first-order valence-electron chi connectivity index (χ1n) is 12.8. The zero-order valence-electron chi connectivity index (χ0n) is 19.1. The summed E-state index contributed by atoms with van der Waals surface area (Å²) in [6.07, 6.45) is 13.8. The normalized spacial score (nSPS) is 56.7. The molecule has 0 unspecified atom stereocenters. The van der Waals surface area contributed by atoms with Crippen molar-refractivity contribution in [3.8, 4) is 0 Å². The van der Waals surface area contributed by atoms with Crippen molar-refractivity contribution in [1.29, 1.82) is 0 Å². The number of carbonyl (C=O) groups is 1. The molecular weight excluding hydrogens is 354 g/mol. The van der Waals surface area contributed by atoms with E-state index in [1.54, 1.807) is 0 Å². The topological polar surface area (TPSA) is 20.3 Å². The van der Waals surface area contributed by atoms with Crippen molar-refractivity contribution in [1.82, 2.24) is 4.90 Å². The van der Waals surface area contributed by atoms with Gasteiger partial charge in [-0.3, -0.25) is 9.69 Å². The van der Waals surface area contributed by atoms with E-state index in [1.165, 1.54) is 57.1 Å². The number of piperidine rings is 1. The molecule has 2 heteroatoms. The molecule has 3 saturated carbocycles. The molecule has 29 heavy (non-hydrogen) atoms. The zero-order chi connectivity index (χ0) is 20.1. The third-order valence-electron chi connectivity index (χ3n) is 11.6. The van der Waals surface area contributed by atoms with E-state index in [-0.39, 0.29) is 0 Å². The van der Waals surface area contributed by atoms with E-state index in [1.807, 2.05) is 0 Å². The lowest BCUT2D eigenvalue weighted by molar-refractivity contribution is -0.117. The van der Waals surface area contributed by atoms with Gasteiger partial charge in [0.2, 0.25) is 0 Å². The van der Waals surface area contributed by atoms with Gasteiger partial charge >= 0.3 is 0 Å². The van der Waals surface area contributed by atoms with E-state index in [0.29, 0.717) is 16.6 Å². The van der Waals surface area contributed by atoms with E-state index in [9.17, 15) is 4.79 Å². The molecule has 0 spiro atoms. The van der Waals surface area contributed by atoms with Crippen LogP contribution in [0.2, 0.25) is 0 Å². The van der Waals surface area contributed by atoms with Gasteiger partial charge in [0.05, 0.1) is 0 Å². The molecule has 0 aromatic rings. The maximum atomic E-state index is 12.1. The van der Waals surface area contributed by atoms with Crippen LogP contribution in [0.1, 0.15) is 85.5 Å². The van der Waals surface area contributed by atoms with Gasteiger partial charge < -0.3 is 0 Å². The van der Waals surface area contributed by atoms with Gasteiger partial charge in [-0.2, -0.15) is 0 Å². The summed E-state index contributed by atoms with van der Waals surface area (Å²) in [7, 11) is 0. The van der Waals surface area contributed by atoms with Gasteiger partial charge in [0.15, 0.2) is 5.78 Å². The van der Waals surface area contributed by atoms with Crippen LogP contribution in [0.4, 0.5) is 0 Å². The SMILES string of the molecule is C[C@H]1CC[C@@H]2[C@@H](C)[C@@H]3[C@H](C[C@@H]4[C@H]5CCC6=CC(=O)CC[C@@]6(C)[C@@H]5CC[C@]34C)N2C1. The quantitative estimate of drug-likeness (QED) is 0.512. The monoisotopic (exact) mass is 395 g/mol. The van der Waals surface area contributed by atoms with Gasteiger partial charge in [-0.05, 0) is 104 Å². The number of hydrogen-bond donors (Lipinski definition) is 0. The minimum atomic E-state index is 0.323. The predicted molar refractivity (Wildman–Crippen MR) is 117 cm³/mol. The number of carbonyl (C=O) groups excluding carboxylic acids is 1. The third-order valence-corrected chi connectivity index (χ3v) is 11.6. The van der Waals surface area contributed by atoms with E-state index in [2.05, 4.69) is 38.7 Å². The van der Waals surface area contributed by atoms with Gasteiger partial charge in [-0.25, -0.2) is 0 Å². The average molecular weight is 396 g/mol. The minimum Gasteiger partial charge on any atom is -0.297 e. The molecule has 2 nitrogen and oxygen atoms in total. The maximum absolute atomic E-state index is 12.1. The van der Waals surface area contributed by atoms with E-state index < -0.39 is 0 Å². The Morgan fingerprint density at radius 1 is 0.966 bits per heavy atom. The Bertz CT molecular complexity index is 756. The van der Waals surface area contributed by atoms with Crippen LogP contribution in [-0.2, 0) is 4.79 Å². The maximum Gasteiger partial charge on any atom is 0.155 e. The van der Waals surface area contributed by atoms with Crippen LogP contribution in [0.15, 0.2) is 11.6 Å². The van der Waals surface area contributed by atoms with Crippen molar-refractivity contribution in [2.24, 2.45) is 46.3 Å². The summed E-state index contributed by atoms with van der Waals surface area (Å²) >= 11 is 0. The zero-order valence-corrected chi connectivity index (χ0v) is 19.1. The molecule has 2 heterocycles. The lowest BCUT2D eigenvalue weighted by Crippen LogP contribution is -2.51. The highest BCUT2D eigenvalue weighted by Crippen LogP contribution is 2.70. The van der Waals surface area contributed by atoms with Gasteiger partial charge in [-0.1, -0.05) is 33.3 Å². The minimum absolute atomic E-state index is 0.323. The van der Waals surface area contributed by atoms with E-state index >= 15 is 0 Å². The van der Waals surface area contributed by atoms with Gasteiger partial charge in [0.25, 0.3) is 0 Å². The first-order chi connectivity index (χ1) is 13.8. The summed E-state index contributed by atoms with van der Waals surface area (Å²) in [6, 6.07) is 1.74. The first kappa shape index (κ1) is 19.1. The molecule has 0 N–H and O–H groups in total. The standard InChI is InChI=1S/C27H41NO/c1-16-5-8-23-17(2)25-24(28(23)15-16)14-22-20-7-6-18-13-19(29)9-11-26(18,3)21(20)10-12-27(22,25)4/h13,16-17,20-25H,5-12,14-15H2,1-4H3/t16-,17+,20-,21+,22+,23+,24-,25+,26+,27-/m0/s1. The molecule has 0 amide bonds. The van der Waals surface area contributed by atoms with Crippen molar-refractivity contribution in [2.75, 3.05) is 6.54 Å². The molecule has 5 fully saturated rings. The first-order valence-corrected chi connectivity index (χ1v) is 12.8. The van der Waals surface area contributed by atoms with Gasteiger partial charge in [0, 0.05) is 25.0 Å². The number of hydrogen-bond acceptors (Lipinski definition) is 2. The van der Waals surface area contributed by atoms with Crippen LogP contribution in [-0.4, -0.2) is 29.3 Å². The molecule has 4 aliphatic carbocycles. The van der Waals surface area contributed by atoms with Crippen LogP contribution >= 0.6 is 0 Å². The molecule has 0 bridgehead atoms.